The van der Waals surface area contributed by atoms with Gasteiger partial charge in [0.15, 0.2) is 0 Å². The first kappa shape index (κ1) is 14.6. The van der Waals surface area contributed by atoms with E-state index in [1.165, 1.54) is 0 Å². The van der Waals surface area contributed by atoms with E-state index >= 15 is 0 Å². The third-order valence-electron chi connectivity index (χ3n) is 4.22. The lowest BCUT2D eigenvalue weighted by atomic mass is 9.81. The highest BCUT2D eigenvalue weighted by molar-refractivity contribution is 5.05. The summed E-state index contributed by atoms with van der Waals surface area (Å²) in [5.41, 5.74) is -0.507. The molecule has 0 unspecified atom stereocenters. The van der Waals surface area contributed by atoms with Crippen LogP contribution in [0.3, 0.4) is 0 Å². The van der Waals surface area contributed by atoms with Crippen molar-refractivity contribution < 1.29 is 9.52 Å². The Morgan fingerprint density at radius 2 is 2.11 bits per heavy atom. The van der Waals surface area contributed by atoms with Crippen molar-refractivity contribution >= 4 is 0 Å². The quantitative estimate of drug-likeness (QED) is 0.855. The molecule has 1 aromatic rings. The van der Waals surface area contributed by atoms with Gasteiger partial charge in [0.2, 0.25) is 0 Å². The van der Waals surface area contributed by atoms with Crippen molar-refractivity contribution in [3.05, 3.63) is 23.7 Å². The first-order valence-electron chi connectivity index (χ1n) is 7.15. The summed E-state index contributed by atoms with van der Waals surface area (Å²) in [6, 6.07) is 4.60. The molecule has 1 fully saturated rings. The molecule has 0 aliphatic heterocycles. The fourth-order valence-corrected chi connectivity index (χ4v) is 3.03. The van der Waals surface area contributed by atoms with Crippen LogP contribution in [0.5, 0.6) is 0 Å². The molecule has 108 valence electrons. The predicted molar refractivity (Wildman–Crippen MR) is 76.0 cm³/mol. The highest BCUT2D eigenvalue weighted by atomic mass is 16.3. The summed E-state index contributed by atoms with van der Waals surface area (Å²) in [5.74, 6) is 1.99. The molecule has 1 saturated carbocycles. The maximum Gasteiger partial charge on any atom is 0.118 e. The number of nitrogens with zero attached hydrogens (tertiary/aromatic N) is 1. The summed E-state index contributed by atoms with van der Waals surface area (Å²) in [6.07, 6.45) is 3.85. The van der Waals surface area contributed by atoms with E-state index < -0.39 is 5.60 Å². The van der Waals surface area contributed by atoms with Crippen LogP contribution in [0.2, 0.25) is 0 Å². The van der Waals surface area contributed by atoms with Crippen molar-refractivity contribution in [2.45, 2.75) is 50.8 Å². The van der Waals surface area contributed by atoms with Gasteiger partial charge in [-0.05, 0) is 58.8 Å². The maximum atomic E-state index is 10.4. The van der Waals surface area contributed by atoms with Crippen molar-refractivity contribution in [1.29, 1.82) is 0 Å². The Morgan fingerprint density at radius 1 is 1.42 bits per heavy atom. The van der Waals surface area contributed by atoms with E-state index in [4.69, 9.17) is 4.42 Å². The molecule has 1 heterocycles. The van der Waals surface area contributed by atoms with Crippen molar-refractivity contribution in [2.24, 2.45) is 0 Å². The van der Waals surface area contributed by atoms with Gasteiger partial charge in [-0.15, -0.1) is 0 Å². The molecular formula is C15H26N2O2. The summed E-state index contributed by atoms with van der Waals surface area (Å²) in [5, 5.41) is 13.5. The van der Waals surface area contributed by atoms with Crippen LogP contribution in [0.1, 0.15) is 37.2 Å². The number of nitrogens with one attached hydrogen (secondary N) is 1. The molecule has 0 saturated heterocycles. The molecule has 0 atom stereocenters. The lowest BCUT2D eigenvalue weighted by Crippen LogP contribution is -2.46. The molecule has 0 bridgehead atoms. The summed E-state index contributed by atoms with van der Waals surface area (Å²) in [7, 11) is 4.04. The molecule has 0 amide bonds. The predicted octanol–water partition coefficient (Wildman–Crippen LogP) is 1.91. The highest BCUT2D eigenvalue weighted by Gasteiger charge is 2.33. The summed E-state index contributed by atoms with van der Waals surface area (Å²) >= 11 is 0. The number of hydrogen-bond acceptors (Lipinski definition) is 4. The topological polar surface area (TPSA) is 48.6 Å². The Balaban J connectivity index is 1.83. The van der Waals surface area contributed by atoms with E-state index in [-0.39, 0.29) is 0 Å². The van der Waals surface area contributed by atoms with Crippen molar-refractivity contribution in [3.63, 3.8) is 0 Å². The molecule has 1 aromatic heterocycles. The molecule has 1 aliphatic carbocycles. The molecule has 0 radical (unpaired) electrons. The third-order valence-corrected chi connectivity index (χ3v) is 4.22. The van der Waals surface area contributed by atoms with Crippen LogP contribution in [0, 0.1) is 6.92 Å². The Morgan fingerprint density at radius 3 is 2.63 bits per heavy atom. The smallest absolute Gasteiger partial charge is 0.118 e. The molecule has 1 aliphatic rings. The molecule has 2 rings (SSSR count). The Bertz CT molecular complexity index is 395. The second-order valence-electron chi connectivity index (χ2n) is 5.91. The van der Waals surface area contributed by atoms with E-state index in [1.54, 1.807) is 0 Å². The van der Waals surface area contributed by atoms with Gasteiger partial charge in [-0.1, -0.05) is 0 Å². The Kier molecular flexibility index (Phi) is 4.66. The Hall–Kier alpha value is -0.840. The number of likely N-dealkylation sites (N-methyl/N-ethyl adjacent to an activating group) is 1. The van der Waals surface area contributed by atoms with Crippen LogP contribution < -0.4 is 5.32 Å². The fourth-order valence-electron chi connectivity index (χ4n) is 3.03. The van der Waals surface area contributed by atoms with Crippen molar-refractivity contribution in [2.75, 3.05) is 20.6 Å². The zero-order valence-corrected chi connectivity index (χ0v) is 12.3. The number of aryl methyl sites for hydroxylation is 1. The standard InChI is InChI=1S/C15H26N2O2/c1-12-4-5-14(19-12)10-17(3)13-6-8-15(18,9-7-13)11-16-2/h4-5,13,16,18H,6-11H2,1-3H3. The molecule has 4 nitrogen and oxygen atoms in total. The van der Waals surface area contributed by atoms with Gasteiger partial charge in [-0.3, -0.25) is 4.90 Å². The Labute approximate surface area is 115 Å². The summed E-state index contributed by atoms with van der Waals surface area (Å²) < 4.78 is 5.62. The maximum absolute atomic E-state index is 10.4. The zero-order chi connectivity index (χ0) is 13.9. The van der Waals surface area contributed by atoms with Gasteiger partial charge in [0.25, 0.3) is 0 Å². The van der Waals surface area contributed by atoms with Gasteiger partial charge in [0.1, 0.15) is 11.5 Å². The third kappa shape index (κ3) is 3.81. The minimum atomic E-state index is -0.507. The van der Waals surface area contributed by atoms with Gasteiger partial charge in [0, 0.05) is 12.6 Å². The lowest BCUT2D eigenvalue weighted by Gasteiger charge is -2.39. The normalized spacial score (nSPS) is 27.9. The molecule has 0 spiro atoms. The van der Waals surface area contributed by atoms with Gasteiger partial charge in [0.05, 0.1) is 12.1 Å². The minimum Gasteiger partial charge on any atom is -0.465 e. The van der Waals surface area contributed by atoms with E-state index in [0.29, 0.717) is 12.6 Å². The van der Waals surface area contributed by atoms with Crippen LogP contribution in [0.15, 0.2) is 16.5 Å². The van der Waals surface area contributed by atoms with E-state index in [2.05, 4.69) is 17.3 Å². The number of furan rings is 1. The van der Waals surface area contributed by atoms with Crippen molar-refractivity contribution in [3.8, 4) is 0 Å². The van der Waals surface area contributed by atoms with E-state index in [0.717, 1.165) is 43.7 Å². The average molecular weight is 266 g/mol. The number of hydrogen-bond donors (Lipinski definition) is 2. The lowest BCUT2D eigenvalue weighted by molar-refractivity contribution is -0.0161. The molecule has 4 heteroatoms. The minimum absolute atomic E-state index is 0.507. The van der Waals surface area contributed by atoms with Gasteiger partial charge < -0.3 is 14.8 Å². The second kappa shape index (κ2) is 6.07. The van der Waals surface area contributed by atoms with Gasteiger partial charge in [-0.25, -0.2) is 0 Å². The van der Waals surface area contributed by atoms with E-state index in [9.17, 15) is 5.11 Å². The van der Waals surface area contributed by atoms with Crippen LogP contribution in [-0.4, -0.2) is 42.3 Å². The second-order valence-corrected chi connectivity index (χ2v) is 5.91. The van der Waals surface area contributed by atoms with Crippen molar-refractivity contribution in [1.82, 2.24) is 10.2 Å². The zero-order valence-electron chi connectivity index (χ0n) is 12.3. The van der Waals surface area contributed by atoms with Gasteiger partial charge >= 0.3 is 0 Å². The molecule has 2 N–H and O–H groups in total. The first-order chi connectivity index (χ1) is 9.02. The van der Waals surface area contributed by atoms with Crippen LogP contribution in [0.4, 0.5) is 0 Å². The van der Waals surface area contributed by atoms with Crippen LogP contribution in [0.25, 0.3) is 0 Å². The number of rotatable bonds is 5. The van der Waals surface area contributed by atoms with Crippen LogP contribution >= 0.6 is 0 Å². The highest BCUT2D eigenvalue weighted by Crippen LogP contribution is 2.30. The van der Waals surface area contributed by atoms with E-state index in [1.807, 2.05) is 26.1 Å². The first-order valence-corrected chi connectivity index (χ1v) is 7.15. The SMILES string of the molecule is CNCC1(O)CCC(N(C)Cc2ccc(C)o2)CC1. The fraction of sp³-hybridized carbons (Fsp3) is 0.733. The monoisotopic (exact) mass is 266 g/mol. The molecular weight excluding hydrogens is 240 g/mol. The molecule has 19 heavy (non-hydrogen) atoms. The summed E-state index contributed by atoms with van der Waals surface area (Å²) in [6.45, 7) is 3.52. The van der Waals surface area contributed by atoms with Crippen LogP contribution in [-0.2, 0) is 6.54 Å². The number of aliphatic hydroxyl groups is 1. The average Bonchev–Trinajstić information content (AvgIpc) is 2.75. The van der Waals surface area contributed by atoms with Gasteiger partial charge in [-0.2, -0.15) is 0 Å². The largest absolute Gasteiger partial charge is 0.465 e. The summed E-state index contributed by atoms with van der Waals surface area (Å²) in [4.78, 5) is 2.34. The molecule has 0 aromatic carbocycles.